The Balaban J connectivity index is 1.72. The lowest BCUT2D eigenvalue weighted by Crippen LogP contribution is -2.33. The topological polar surface area (TPSA) is 68.9 Å². The molecule has 0 spiro atoms. The van der Waals surface area contributed by atoms with E-state index in [1.165, 1.54) is 4.68 Å². The van der Waals surface area contributed by atoms with Crippen LogP contribution in [0, 0.1) is 6.92 Å². The monoisotopic (exact) mass is 310 g/mol. The molecule has 0 atom stereocenters. The van der Waals surface area contributed by atoms with Gasteiger partial charge in [-0.1, -0.05) is 18.2 Å². The molecule has 0 aliphatic heterocycles. The van der Waals surface area contributed by atoms with Crippen molar-refractivity contribution < 1.29 is 4.79 Å². The molecule has 0 fully saturated rings. The average Bonchev–Trinajstić information content (AvgIpc) is 2.87. The van der Waals surface area contributed by atoms with Gasteiger partial charge in [0, 0.05) is 23.8 Å². The number of amides is 1. The van der Waals surface area contributed by atoms with E-state index in [4.69, 9.17) is 0 Å². The zero-order chi connectivity index (χ0) is 16.4. The molecule has 2 aromatic heterocycles. The Labute approximate surface area is 133 Å². The number of hydrogen-bond donors (Lipinski definition) is 1. The predicted octanol–water partition coefficient (Wildman–Crippen LogP) is 1.36. The van der Waals surface area contributed by atoms with Crippen molar-refractivity contribution >= 4 is 16.7 Å². The number of benzene rings is 1. The number of hydrogen-bond acceptors (Lipinski definition) is 3. The number of aryl methyl sites for hydroxylation is 1. The molecule has 3 aromatic rings. The summed E-state index contributed by atoms with van der Waals surface area (Å²) in [6.07, 6.45) is 1.60. The standard InChI is InChI=1S/C17H18N4O2/c1-12-7-8-14(20(12)2)10-18-16(22)11-21-17(23)15-6-4-3-5-13(15)9-19-21/h3-9H,10-11H2,1-2H3,(H,18,22). The van der Waals surface area contributed by atoms with Crippen LogP contribution in [-0.2, 0) is 24.9 Å². The van der Waals surface area contributed by atoms with Crippen LogP contribution in [0.4, 0.5) is 0 Å². The molecule has 0 saturated carbocycles. The van der Waals surface area contributed by atoms with Crippen LogP contribution >= 0.6 is 0 Å². The van der Waals surface area contributed by atoms with Gasteiger partial charge in [-0.2, -0.15) is 5.10 Å². The van der Waals surface area contributed by atoms with Crippen molar-refractivity contribution in [3.63, 3.8) is 0 Å². The molecular formula is C17H18N4O2. The van der Waals surface area contributed by atoms with Crippen molar-refractivity contribution in [1.82, 2.24) is 19.7 Å². The summed E-state index contributed by atoms with van der Waals surface area (Å²) in [6, 6.07) is 11.2. The molecule has 0 unspecified atom stereocenters. The Kier molecular flexibility index (Phi) is 3.97. The second kappa shape index (κ2) is 6.08. The van der Waals surface area contributed by atoms with Crippen LogP contribution in [0.1, 0.15) is 11.4 Å². The van der Waals surface area contributed by atoms with Gasteiger partial charge in [0.2, 0.25) is 5.91 Å². The van der Waals surface area contributed by atoms with E-state index in [1.54, 1.807) is 18.3 Å². The summed E-state index contributed by atoms with van der Waals surface area (Å²) in [5, 5.41) is 8.21. The molecular weight excluding hydrogens is 292 g/mol. The van der Waals surface area contributed by atoms with Gasteiger partial charge in [-0.05, 0) is 25.1 Å². The van der Waals surface area contributed by atoms with Crippen LogP contribution < -0.4 is 10.9 Å². The highest BCUT2D eigenvalue weighted by Gasteiger charge is 2.09. The van der Waals surface area contributed by atoms with Crippen molar-refractivity contribution in [2.45, 2.75) is 20.0 Å². The molecule has 118 valence electrons. The maximum absolute atomic E-state index is 12.3. The first-order chi connectivity index (χ1) is 11.1. The first-order valence-corrected chi connectivity index (χ1v) is 7.39. The summed E-state index contributed by atoms with van der Waals surface area (Å²) in [5.74, 6) is -0.242. The van der Waals surface area contributed by atoms with E-state index in [0.29, 0.717) is 11.9 Å². The third-order valence-electron chi connectivity index (χ3n) is 4.00. The summed E-state index contributed by atoms with van der Waals surface area (Å²) in [7, 11) is 1.95. The average molecular weight is 310 g/mol. The highest BCUT2D eigenvalue weighted by Crippen LogP contribution is 2.07. The van der Waals surface area contributed by atoms with Crippen LogP contribution in [0.5, 0.6) is 0 Å². The van der Waals surface area contributed by atoms with Crippen LogP contribution in [-0.4, -0.2) is 20.3 Å². The Morgan fingerprint density at radius 3 is 2.74 bits per heavy atom. The van der Waals surface area contributed by atoms with Crippen LogP contribution in [0.25, 0.3) is 10.8 Å². The van der Waals surface area contributed by atoms with Crippen molar-refractivity contribution in [2.24, 2.45) is 7.05 Å². The minimum atomic E-state index is -0.257. The smallest absolute Gasteiger partial charge is 0.275 e. The molecule has 1 amide bonds. The summed E-state index contributed by atoms with van der Waals surface area (Å²) in [5.41, 5.74) is 1.88. The van der Waals surface area contributed by atoms with Gasteiger partial charge in [-0.3, -0.25) is 9.59 Å². The van der Waals surface area contributed by atoms with E-state index in [0.717, 1.165) is 16.8 Å². The second-order valence-corrected chi connectivity index (χ2v) is 5.50. The minimum Gasteiger partial charge on any atom is -0.350 e. The molecule has 0 radical (unpaired) electrons. The van der Waals surface area contributed by atoms with Gasteiger partial charge in [0.25, 0.3) is 5.56 Å². The van der Waals surface area contributed by atoms with Gasteiger partial charge >= 0.3 is 0 Å². The molecule has 3 rings (SSSR count). The third kappa shape index (κ3) is 3.01. The van der Waals surface area contributed by atoms with E-state index < -0.39 is 0 Å². The van der Waals surface area contributed by atoms with E-state index in [2.05, 4.69) is 10.4 Å². The fourth-order valence-corrected chi connectivity index (χ4v) is 2.47. The summed E-state index contributed by atoms with van der Waals surface area (Å²) in [4.78, 5) is 24.4. The van der Waals surface area contributed by atoms with E-state index >= 15 is 0 Å². The fourth-order valence-electron chi connectivity index (χ4n) is 2.47. The molecule has 0 aliphatic rings. The Morgan fingerprint density at radius 2 is 2.00 bits per heavy atom. The molecule has 6 heteroatoms. The van der Waals surface area contributed by atoms with E-state index in [9.17, 15) is 9.59 Å². The number of nitrogens with one attached hydrogen (secondary N) is 1. The molecule has 23 heavy (non-hydrogen) atoms. The lowest BCUT2D eigenvalue weighted by atomic mass is 10.2. The third-order valence-corrected chi connectivity index (χ3v) is 4.00. The lowest BCUT2D eigenvalue weighted by molar-refractivity contribution is -0.122. The summed E-state index contributed by atoms with van der Waals surface area (Å²) in [6.45, 7) is 2.34. The Bertz CT molecular complexity index is 924. The van der Waals surface area contributed by atoms with Crippen LogP contribution in [0.2, 0.25) is 0 Å². The zero-order valence-electron chi connectivity index (χ0n) is 13.1. The van der Waals surface area contributed by atoms with Gasteiger partial charge in [-0.25, -0.2) is 4.68 Å². The highest BCUT2D eigenvalue weighted by molar-refractivity contribution is 5.81. The Morgan fingerprint density at radius 1 is 1.22 bits per heavy atom. The summed E-state index contributed by atoms with van der Waals surface area (Å²) < 4.78 is 3.20. The normalized spacial score (nSPS) is 10.9. The zero-order valence-corrected chi connectivity index (χ0v) is 13.1. The predicted molar refractivity (Wildman–Crippen MR) is 88.0 cm³/mol. The SMILES string of the molecule is Cc1ccc(CNC(=O)Cn2ncc3ccccc3c2=O)n1C. The number of rotatable bonds is 4. The van der Waals surface area contributed by atoms with Crippen molar-refractivity contribution in [3.8, 4) is 0 Å². The largest absolute Gasteiger partial charge is 0.350 e. The first kappa shape index (κ1) is 15.0. The van der Waals surface area contributed by atoms with Gasteiger partial charge in [0.1, 0.15) is 6.54 Å². The number of fused-ring (bicyclic) bond motifs is 1. The Hall–Kier alpha value is -2.89. The van der Waals surface area contributed by atoms with E-state index in [1.807, 2.05) is 42.8 Å². The van der Waals surface area contributed by atoms with Crippen molar-refractivity contribution in [1.29, 1.82) is 0 Å². The molecule has 0 aliphatic carbocycles. The van der Waals surface area contributed by atoms with Crippen LogP contribution in [0.3, 0.4) is 0 Å². The fraction of sp³-hybridized carbons (Fsp3) is 0.235. The maximum atomic E-state index is 12.3. The van der Waals surface area contributed by atoms with Crippen molar-refractivity contribution in [2.75, 3.05) is 0 Å². The number of carbonyl (C=O) groups excluding carboxylic acids is 1. The number of aromatic nitrogens is 3. The highest BCUT2D eigenvalue weighted by atomic mass is 16.2. The molecule has 6 nitrogen and oxygen atoms in total. The van der Waals surface area contributed by atoms with E-state index in [-0.39, 0.29) is 18.0 Å². The molecule has 0 saturated heterocycles. The summed E-state index contributed by atoms with van der Waals surface area (Å²) >= 11 is 0. The molecule has 1 aromatic carbocycles. The first-order valence-electron chi connectivity index (χ1n) is 7.39. The number of nitrogens with zero attached hydrogens (tertiary/aromatic N) is 3. The maximum Gasteiger partial charge on any atom is 0.275 e. The number of carbonyl (C=O) groups is 1. The lowest BCUT2D eigenvalue weighted by Gasteiger charge is -2.09. The molecule has 1 N–H and O–H groups in total. The van der Waals surface area contributed by atoms with Crippen molar-refractivity contribution in [3.05, 3.63) is 64.3 Å². The molecule has 2 heterocycles. The second-order valence-electron chi connectivity index (χ2n) is 5.50. The van der Waals surface area contributed by atoms with Gasteiger partial charge < -0.3 is 9.88 Å². The van der Waals surface area contributed by atoms with Gasteiger partial charge in [-0.15, -0.1) is 0 Å². The van der Waals surface area contributed by atoms with Gasteiger partial charge in [0.05, 0.1) is 18.1 Å². The van der Waals surface area contributed by atoms with Gasteiger partial charge in [0.15, 0.2) is 0 Å². The quantitative estimate of drug-likeness (QED) is 0.791. The molecule has 0 bridgehead atoms. The van der Waals surface area contributed by atoms with Crippen LogP contribution in [0.15, 0.2) is 47.4 Å². The minimum absolute atomic E-state index is 0.0902.